The number of aromatic nitrogens is 2. The molecular formula is C22H22FN3O2. The van der Waals surface area contributed by atoms with Gasteiger partial charge in [-0.1, -0.05) is 49.2 Å². The fourth-order valence-electron chi connectivity index (χ4n) is 4.07. The molecule has 2 aromatic carbocycles. The Morgan fingerprint density at radius 1 is 1.14 bits per heavy atom. The van der Waals surface area contributed by atoms with Gasteiger partial charge in [0.15, 0.2) is 5.69 Å². The molecule has 0 aliphatic heterocycles. The summed E-state index contributed by atoms with van der Waals surface area (Å²) in [6.45, 7) is 0. The molecule has 1 fully saturated rings. The van der Waals surface area contributed by atoms with Gasteiger partial charge in [-0.15, -0.1) is 0 Å². The Hall–Kier alpha value is -3.02. The second-order valence-electron chi connectivity index (χ2n) is 7.38. The zero-order valence-corrected chi connectivity index (χ0v) is 15.5. The van der Waals surface area contributed by atoms with E-state index in [0.717, 1.165) is 31.2 Å². The molecule has 1 aliphatic rings. The first-order chi connectivity index (χ1) is 13.6. The zero-order valence-electron chi connectivity index (χ0n) is 15.5. The van der Waals surface area contributed by atoms with Crippen molar-refractivity contribution in [3.05, 3.63) is 75.8 Å². The van der Waals surface area contributed by atoms with Gasteiger partial charge in [-0.2, -0.15) is 5.10 Å². The van der Waals surface area contributed by atoms with E-state index in [-0.39, 0.29) is 22.6 Å². The highest BCUT2D eigenvalue weighted by Crippen LogP contribution is 2.29. The predicted octanol–water partition coefficient (Wildman–Crippen LogP) is 3.59. The minimum atomic E-state index is -0.568. The molecule has 28 heavy (non-hydrogen) atoms. The molecule has 1 aromatic heterocycles. The van der Waals surface area contributed by atoms with Crippen molar-refractivity contribution >= 4 is 16.8 Å². The van der Waals surface area contributed by atoms with Gasteiger partial charge in [-0.05, 0) is 42.9 Å². The van der Waals surface area contributed by atoms with Crippen LogP contribution >= 0.6 is 0 Å². The summed E-state index contributed by atoms with van der Waals surface area (Å²) >= 11 is 0. The lowest BCUT2D eigenvalue weighted by Crippen LogP contribution is -2.43. The van der Waals surface area contributed by atoms with E-state index in [0.29, 0.717) is 12.3 Å². The number of carbonyl (C=O) groups is 1. The van der Waals surface area contributed by atoms with Gasteiger partial charge in [0.05, 0.1) is 5.39 Å². The van der Waals surface area contributed by atoms with E-state index in [4.69, 9.17) is 0 Å². The number of carbonyl (C=O) groups excluding carboxylic acids is 1. The summed E-state index contributed by atoms with van der Waals surface area (Å²) < 4.78 is 13.8. The number of hydrogen-bond donors (Lipinski definition) is 2. The Morgan fingerprint density at radius 3 is 2.64 bits per heavy atom. The largest absolute Gasteiger partial charge is 0.347 e. The average Bonchev–Trinajstić information content (AvgIpc) is 3.24. The number of rotatable bonds is 5. The minimum absolute atomic E-state index is 0.0145. The molecule has 1 aliphatic carbocycles. The van der Waals surface area contributed by atoms with Crippen molar-refractivity contribution in [2.45, 2.75) is 38.1 Å². The van der Waals surface area contributed by atoms with Crippen LogP contribution in [0.5, 0.6) is 0 Å². The summed E-state index contributed by atoms with van der Waals surface area (Å²) in [6.07, 6.45) is 5.13. The molecule has 1 atom stereocenters. The molecule has 4 rings (SSSR count). The molecule has 0 saturated heterocycles. The lowest BCUT2D eigenvalue weighted by molar-refractivity contribution is 0.0915. The normalized spacial score (nSPS) is 15.6. The van der Waals surface area contributed by atoms with E-state index < -0.39 is 17.2 Å². The van der Waals surface area contributed by atoms with Gasteiger partial charge in [0.2, 0.25) is 5.43 Å². The fourth-order valence-corrected chi connectivity index (χ4v) is 4.07. The standard InChI is InChI=1S/C22H22FN3O2/c23-17-12-6-11-16-19(17)25-26-20(21(16)27)22(28)24-18(15-9-4-5-10-15)13-14-7-2-1-3-8-14/h1-3,6-8,11-12,15,18H,4-5,9-10,13H2,(H,24,28)(H,25,27). The van der Waals surface area contributed by atoms with E-state index in [2.05, 4.69) is 15.5 Å². The number of hydrogen-bond acceptors (Lipinski definition) is 3. The van der Waals surface area contributed by atoms with Crippen LogP contribution in [0, 0.1) is 11.7 Å². The van der Waals surface area contributed by atoms with Crippen LogP contribution in [0.1, 0.15) is 41.7 Å². The van der Waals surface area contributed by atoms with Crippen LogP contribution in [-0.4, -0.2) is 22.1 Å². The molecule has 1 amide bonds. The fraction of sp³-hybridized carbons (Fsp3) is 0.318. The van der Waals surface area contributed by atoms with Crippen molar-refractivity contribution in [2.24, 2.45) is 5.92 Å². The number of nitrogens with one attached hydrogen (secondary N) is 2. The molecule has 5 nitrogen and oxygen atoms in total. The molecule has 1 saturated carbocycles. The molecule has 144 valence electrons. The van der Waals surface area contributed by atoms with Gasteiger partial charge < -0.3 is 5.32 Å². The first kappa shape index (κ1) is 18.3. The van der Waals surface area contributed by atoms with Crippen molar-refractivity contribution in [1.82, 2.24) is 15.5 Å². The Balaban J connectivity index is 1.61. The van der Waals surface area contributed by atoms with Crippen molar-refractivity contribution in [3.63, 3.8) is 0 Å². The predicted molar refractivity (Wildman–Crippen MR) is 106 cm³/mol. The van der Waals surface area contributed by atoms with Crippen molar-refractivity contribution in [2.75, 3.05) is 0 Å². The SMILES string of the molecule is O=C(NC(Cc1ccccc1)C1CCCC1)c1n[nH]c2c(F)cccc2c1=O. The molecule has 0 bridgehead atoms. The van der Waals surface area contributed by atoms with Crippen LogP contribution in [0.2, 0.25) is 0 Å². The molecule has 6 heteroatoms. The van der Waals surface area contributed by atoms with E-state index in [1.54, 1.807) is 0 Å². The topological polar surface area (TPSA) is 74.8 Å². The summed E-state index contributed by atoms with van der Waals surface area (Å²) in [6, 6.07) is 14.1. The molecule has 2 N–H and O–H groups in total. The van der Waals surface area contributed by atoms with Crippen LogP contribution in [0.25, 0.3) is 10.9 Å². The Morgan fingerprint density at radius 2 is 1.89 bits per heavy atom. The third-order valence-electron chi connectivity index (χ3n) is 5.55. The second-order valence-corrected chi connectivity index (χ2v) is 7.38. The lowest BCUT2D eigenvalue weighted by Gasteiger charge is -2.24. The molecule has 1 unspecified atom stereocenters. The first-order valence-electron chi connectivity index (χ1n) is 9.65. The second kappa shape index (κ2) is 7.92. The maximum atomic E-state index is 13.8. The van der Waals surface area contributed by atoms with Crippen LogP contribution in [-0.2, 0) is 6.42 Å². The zero-order chi connectivity index (χ0) is 19.5. The van der Waals surface area contributed by atoms with E-state index in [9.17, 15) is 14.0 Å². The number of nitrogens with zero attached hydrogens (tertiary/aromatic N) is 1. The number of amides is 1. The van der Waals surface area contributed by atoms with Crippen molar-refractivity contribution in [3.8, 4) is 0 Å². The summed E-state index contributed by atoms with van der Waals surface area (Å²) in [5.74, 6) is -0.705. The third kappa shape index (κ3) is 3.67. The number of aromatic amines is 1. The average molecular weight is 379 g/mol. The molecule has 0 radical (unpaired) electrons. The van der Waals surface area contributed by atoms with E-state index in [1.807, 2.05) is 30.3 Å². The summed E-state index contributed by atoms with van der Waals surface area (Å²) in [7, 11) is 0. The van der Waals surface area contributed by atoms with Crippen LogP contribution in [0.4, 0.5) is 4.39 Å². The highest BCUT2D eigenvalue weighted by molar-refractivity contribution is 5.95. The monoisotopic (exact) mass is 379 g/mol. The maximum absolute atomic E-state index is 13.8. The van der Waals surface area contributed by atoms with Crippen LogP contribution in [0.3, 0.4) is 0 Å². The van der Waals surface area contributed by atoms with Gasteiger partial charge in [0, 0.05) is 6.04 Å². The third-order valence-corrected chi connectivity index (χ3v) is 5.55. The van der Waals surface area contributed by atoms with Gasteiger partial charge >= 0.3 is 0 Å². The number of H-pyrrole nitrogens is 1. The number of benzene rings is 2. The quantitative estimate of drug-likeness (QED) is 0.711. The Labute approximate surface area is 162 Å². The highest BCUT2D eigenvalue weighted by Gasteiger charge is 2.28. The highest BCUT2D eigenvalue weighted by atomic mass is 19.1. The van der Waals surface area contributed by atoms with Gasteiger partial charge in [-0.3, -0.25) is 14.7 Å². The first-order valence-corrected chi connectivity index (χ1v) is 9.65. The number of fused-ring (bicyclic) bond motifs is 1. The summed E-state index contributed by atoms with van der Waals surface area (Å²) in [5, 5.41) is 9.53. The Bertz CT molecular complexity index is 1040. The molecule has 3 aromatic rings. The maximum Gasteiger partial charge on any atom is 0.276 e. The van der Waals surface area contributed by atoms with E-state index >= 15 is 0 Å². The van der Waals surface area contributed by atoms with Crippen molar-refractivity contribution < 1.29 is 9.18 Å². The van der Waals surface area contributed by atoms with Crippen LogP contribution in [0.15, 0.2) is 53.3 Å². The summed E-state index contributed by atoms with van der Waals surface area (Å²) in [5.41, 5.74) is 0.368. The lowest BCUT2D eigenvalue weighted by atomic mass is 9.92. The van der Waals surface area contributed by atoms with E-state index in [1.165, 1.54) is 18.2 Å². The smallest absolute Gasteiger partial charge is 0.276 e. The minimum Gasteiger partial charge on any atom is -0.347 e. The van der Waals surface area contributed by atoms with Gasteiger partial charge in [0.25, 0.3) is 5.91 Å². The Kier molecular flexibility index (Phi) is 5.19. The summed E-state index contributed by atoms with van der Waals surface area (Å²) in [4.78, 5) is 25.5. The molecule has 0 spiro atoms. The van der Waals surface area contributed by atoms with Gasteiger partial charge in [0.1, 0.15) is 11.3 Å². The van der Waals surface area contributed by atoms with Crippen molar-refractivity contribution in [1.29, 1.82) is 0 Å². The number of para-hydroxylation sites is 1. The van der Waals surface area contributed by atoms with Gasteiger partial charge in [-0.25, -0.2) is 4.39 Å². The van der Waals surface area contributed by atoms with Crippen LogP contribution < -0.4 is 10.7 Å². The molecular weight excluding hydrogens is 357 g/mol. The number of halogens is 1. The molecule has 1 heterocycles.